The van der Waals surface area contributed by atoms with Gasteiger partial charge in [-0.05, 0) is 13.8 Å². The van der Waals surface area contributed by atoms with Gasteiger partial charge in [0.25, 0.3) is 0 Å². The maximum Gasteiger partial charge on any atom is 0.306 e. The lowest BCUT2D eigenvalue weighted by Gasteiger charge is -2.19. The Balaban J connectivity index is 4.06. The molecule has 0 spiro atoms. The van der Waals surface area contributed by atoms with Crippen molar-refractivity contribution in [3.63, 3.8) is 0 Å². The summed E-state index contributed by atoms with van der Waals surface area (Å²) < 4.78 is 4.74. The predicted molar refractivity (Wildman–Crippen MR) is 45.7 cm³/mol. The minimum Gasteiger partial charge on any atom is -0.466 e. The third kappa shape index (κ3) is 3.51. The monoisotopic (exact) mass is 172 g/mol. The average Bonchev–Trinajstić information content (AvgIpc) is 1.85. The lowest BCUT2D eigenvalue weighted by molar-refractivity contribution is -0.148. The molecule has 0 heterocycles. The highest BCUT2D eigenvalue weighted by Gasteiger charge is 2.27. The van der Waals surface area contributed by atoms with E-state index in [-0.39, 0.29) is 18.2 Å². The molecule has 0 aliphatic carbocycles. The molecule has 0 fully saturated rings. The molecular weight excluding hydrogens is 156 g/mol. The number of ether oxygens (including phenoxy) is 1. The summed E-state index contributed by atoms with van der Waals surface area (Å²) in [7, 11) is 0. The molecule has 70 valence electrons. The van der Waals surface area contributed by atoms with Crippen molar-refractivity contribution in [2.75, 3.05) is 6.61 Å². The summed E-state index contributed by atoms with van der Waals surface area (Å²) in [6, 6.07) is 0. The van der Waals surface area contributed by atoms with Crippen molar-refractivity contribution in [1.29, 1.82) is 0 Å². The average molecular weight is 172 g/mol. The molecule has 0 saturated heterocycles. The zero-order valence-electron chi connectivity index (χ0n) is 8.14. The molecule has 0 bridgehead atoms. The molecule has 0 aliphatic heterocycles. The number of Topliss-reactive ketones (excluding diaryl/α,β-unsaturated/α-hetero) is 1. The second-order valence-corrected chi connectivity index (χ2v) is 3.42. The molecule has 0 aromatic heterocycles. The van der Waals surface area contributed by atoms with Gasteiger partial charge in [-0.1, -0.05) is 13.8 Å². The van der Waals surface area contributed by atoms with Gasteiger partial charge < -0.3 is 4.74 Å². The first kappa shape index (κ1) is 11.1. The summed E-state index contributed by atoms with van der Waals surface area (Å²) in [5.74, 6) is -0.298. The van der Waals surface area contributed by atoms with Gasteiger partial charge in [0.2, 0.25) is 0 Å². The summed E-state index contributed by atoms with van der Waals surface area (Å²) in [5, 5.41) is 0. The van der Waals surface area contributed by atoms with Crippen LogP contribution in [0.25, 0.3) is 0 Å². The Morgan fingerprint density at radius 2 is 1.83 bits per heavy atom. The van der Waals surface area contributed by atoms with Gasteiger partial charge in [0, 0.05) is 5.41 Å². The van der Waals surface area contributed by atoms with Crippen molar-refractivity contribution < 1.29 is 14.3 Å². The van der Waals surface area contributed by atoms with Gasteiger partial charge in [-0.15, -0.1) is 0 Å². The Labute approximate surface area is 73.1 Å². The number of rotatable bonds is 4. The van der Waals surface area contributed by atoms with E-state index in [2.05, 4.69) is 0 Å². The van der Waals surface area contributed by atoms with E-state index in [0.29, 0.717) is 6.61 Å². The molecule has 0 rings (SSSR count). The van der Waals surface area contributed by atoms with Crippen LogP contribution in [-0.2, 0) is 14.3 Å². The summed E-state index contributed by atoms with van der Waals surface area (Å²) >= 11 is 0. The van der Waals surface area contributed by atoms with Crippen molar-refractivity contribution >= 4 is 11.8 Å². The number of ketones is 1. The topological polar surface area (TPSA) is 43.4 Å². The fourth-order valence-corrected chi connectivity index (χ4v) is 0.697. The van der Waals surface area contributed by atoms with E-state index in [9.17, 15) is 9.59 Å². The molecule has 0 aromatic rings. The quantitative estimate of drug-likeness (QED) is 0.604. The Kier molecular flexibility index (Phi) is 3.93. The number of carbonyl (C=O) groups is 2. The molecule has 12 heavy (non-hydrogen) atoms. The van der Waals surface area contributed by atoms with Crippen LogP contribution in [0.2, 0.25) is 0 Å². The molecule has 3 nitrogen and oxygen atoms in total. The molecule has 3 heteroatoms. The largest absolute Gasteiger partial charge is 0.466 e. The van der Waals surface area contributed by atoms with E-state index >= 15 is 0 Å². The van der Waals surface area contributed by atoms with Crippen LogP contribution in [-0.4, -0.2) is 18.4 Å². The van der Waals surface area contributed by atoms with Gasteiger partial charge in [0.1, 0.15) is 5.78 Å². The minimum atomic E-state index is -0.591. The lowest BCUT2D eigenvalue weighted by atomic mass is 9.85. The zero-order valence-corrected chi connectivity index (χ0v) is 8.14. The van der Waals surface area contributed by atoms with Crippen LogP contribution in [0.1, 0.15) is 34.1 Å². The normalized spacial score (nSPS) is 11.0. The zero-order chi connectivity index (χ0) is 9.78. The minimum absolute atomic E-state index is 0.00977. The van der Waals surface area contributed by atoms with Gasteiger partial charge in [-0.3, -0.25) is 9.59 Å². The molecule has 0 N–H and O–H groups in total. The molecule has 0 saturated carbocycles. The van der Waals surface area contributed by atoms with Crippen LogP contribution in [0.15, 0.2) is 0 Å². The SMILES string of the molecule is CCOC(=O)CC(C)(C)C(C)=O. The summed E-state index contributed by atoms with van der Waals surface area (Å²) in [6.07, 6.45) is 0.163. The first-order chi connectivity index (χ1) is 5.40. The highest BCUT2D eigenvalue weighted by atomic mass is 16.5. The van der Waals surface area contributed by atoms with Crippen LogP contribution >= 0.6 is 0 Å². The van der Waals surface area contributed by atoms with Gasteiger partial charge in [-0.25, -0.2) is 0 Å². The van der Waals surface area contributed by atoms with E-state index in [1.54, 1.807) is 20.8 Å². The molecule has 0 aliphatic rings. The number of esters is 1. The van der Waals surface area contributed by atoms with Crippen molar-refractivity contribution in [3.05, 3.63) is 0 Å². The smallest absolute Gasteiger partial charge is 0.306 e. The van der Waals surface area contributed by atoms with Crippen molar-refractivity contribution in [3.8, 4) is 0 Å². The van der Waals surface area contributed by atoms with E-state index in [1.165, 1.54) is 6.92 Å². The van der Waals surface area contributed by atoms with Crippen molar-refractivity contribution in [1.82, 2.24) is 0 Å². The van der Waals surface area contributed by atoms with Crippen molar-refractivity contribution in [2.45, 2.75) is 34.1 Å². The summed E-state index contributed by atoms with van der Waals surface area (Å²) in [6.45, 7) is 7.09. The third-order valence-corrected chi connectivity index (χ3v) is 1.84. The Morgan fingerprint density at radius 3 is 2.17 bits per heavy atom. The lowest BCUT2D eigenvalue weighted by Crippen LogP contribution is -2.26. The van der Waals surface area contributed by atoms with E-state index in [0.717, 1.165) is 0 Å². The fraction of sp³-hybridized carbons (Fsp3) is 0.778. The van der Waals surface area contributed by atoms with Crippen LogP contribution in [0.5, 0.6) is 0 Å². The third-order valence-electron chi connectivity index (χ3n) is 1.84. The number of hydrogen-bond donors (Lipinski definition) is 0. The Hall–Kier alpha value is -0.860. The second-order valence-electron chi connectivity index (χ2n) is 3.42. The maximum absolute atomic E-state index is 11.0. The molecule has 0 radical (unpaired) electrons. The first-order valence-corrected chi connectivity index (χ1v) is 4.07. The van der Waals surface area contributed by atoms with Crippen LogP contribution < -0.4 is 0 Å². The first-order valence-electron chi connectivity index (χ1n) is 4.07. The maximum atomic E-state index is 11.0. The van der Waals surface area contributed by atoms with Crippen LogP contribution in [0.3, 0.4) is 0 Å². The van der Waals surface area contributed by atoms with Crippen molar-refractivity contribution in [2.24, 2.45) is 5.41 Å². The molecule has 0 amide bonds. The molecular formula is C9H16O3. The Morgan fingerprint density at radius 1 is 1.33 bits per heavy atom. The summed E-state index contributed by atoms with van der Waals surface area (Å²) in [5.41, 5.74) is -0.591. The van der Waals surface area contributed by atoms with Gasteiger partial charge in [0.05, 0.1) is 13.0 Å². The molecule has 0 atom stereocenters. The number of hydrogen-bond acceptors (Lipinski definition) is 3. The van der Waals surface area contributed by atoms with Gasteiger partial charge in [-0.2, -0.15) is 0 Å². The highest BCUT2D eigenvalue weighted by molar-refractivity contribution is 5.86. The van der Waals surface area contributed by atoms with E-state index < -0.39 is 5.41 Å². The number of carbonyl (C=O) groups excluding carboxylic acids is 2. The summed E-state index contributed by atoms with van der Waals surface area (Å²) in [4.78, 5) is 22.0. The Bertz CT molecular complexity index is 182. The van der Waals surface area contributed by atoms with Gasteiger partial charge >= 0.3 is 5.97 Å². The standard InChI is InChI=1S/C9H16O3/c1-5-12-8(11)6-9(3,4)7(2)10/h5-6H2,1-4H3. The van der Waals surface area contributed by atoms with E-state index in [1.807, 2.05) is 0 Å². The fourth-order valence-electron chi connectivity index (χ4n) is 0.697. The predicted octanol–water partition coefficient (Wildman–Crippen LogP) is 1.55. The van der Waals surface area contributed by atoms with Gasteiger partial charge in [0.15, 0.2) is 0 Å². The highest BCUT2D eigenvalue weighted by Crippen LogP contribution is 2.21. The molecule has 0 aromatic carbocycles. The van der Waals surface area contributed by atoms with E-state index in [4.69, 9.17) is 4.74 Å². The second kappa shape index (κ2) is 4.24. The van der Waals surface area contributed by atoms with Crippen LogP contribution in [0, 0.1) is 5.41 Å². The molecule has 0 unspecified atom stereocenters. The van der Waals surface area contributed by atoms with Crippen LogP contribution in [0.4, 0.5) is 0 Å².